The van der Waals surface area contributed by atoms with Crippen LogP contribution >= 0.6 is 11.3 Å². The lowest BCUT2D eigenvalue weighted by atomic mass is 10.1. The molecule has 2 rings (SSSR count). The summed E-state index contributed by atoms with van der Waals surface area (Å²) in [5.41, 5.74) is 0.732. The zero-order chi connectivity index (χ0) is 16.2. The normalized spacial score (nSPS) is 13.5. The fraction of sp³-hybridized carbons (Fsp3) is 0.375. The number of aliphatic hydroxyl groups excluding tert-OH is 1. The monoisotopic (exact) mass is 339 g/mol. The van der Waals surface area contributed by atoms with Gasteiger partial charge in [0.25, 0.3) is 0 Å². The lowest BCUT2D eigenvalue weighted by molar-refractivity contribution is 0.127. The molecule has 6 heteroatoms. The minimum absolute atomic E-state index is 0.273. The van der Waals surface area contributed by atoms with Crippen LogP contribution in [0.4, 0.5) is 0 Å². The Kier molecular flexibility index (Phi) is 5.74. The summed E-state index contributed by atoms with van der Waals surface area (Å²) in [7, 11) is -1.22. The molecule has 0 saturated carbocycles. The van der Waals surface area contributed by atoms with E-state index in [1.165, 1.54) is 11.1 Å². The van der Waals surface area contributed by atoms with Gasteiger partial charge in [0.2, 0.25) is 0 Å². The van der Waals surface area contributed by atoms with Crippen LogP contribution in [-0.4, -0.2) is 44.8 Å². The van der Waals surface area contributed by atoms with E-state index >= 15 is 0 Å². The Bertz CT molecular complexity index is 679. The molecular weight excluding hydrogens is 318 g/mol. The van der Waals surface area contributed by atoms with E-state index < -0.39 is 15.9 Å². The van der Waals surface area contributed by atoms with E-state index in [0.29, 0.717) is 6.54 Å². The van der Waals surface area contributed by atoms with Crippen molar-refractivity contribution in [2.75, 3.05) is 26.4 Å². The molecule has 1 aromatic heterocycles. The van der Waals surface area contributed by atoms with Crippen LogP contribution in [0.5, 0.6) is 0 Å². The Morgan fingerprint density at radius 3 is 2.45 bits per heavy atom. The standard InChI is InChI=1S/C16H21NO3S2/c1-17(10-9-14-4-3-11-21-14)12-16(18)13-5-7-15(8-6-13)22(2,19)20/h3-8,11,16,18H,9-10,12H2,1-2H3. The molecule has 1 unspecified atom stereocenters. The summed E-state index contributed by atoms with van der Waals surface area (Å²) in [5.74, 6) is 0. The fourth-order valence-corrected chi connectivity index (χ4v) is 3.51. The van der Waals surface area contributed by atoms with Gasteiger partial charge in [-0.2, -0.15) is 0 Å². The molecule has 22 heavy (non-hydrogen) atoms. The maximum Gasteiger partial charge on any atom is 0.175 e. The quantitative estimate of drug-likeness (QED) is 0.841. The van der Waals surface area contributed by atoms with E-state index in [4.69, 9.17) is 0 Å². The number of rotatable bonds is 7. The Morgan fingerprint density at radius 1 is 1.23 bits per heavy atom. The zero-order valence-corrected chi connectivity index (χ0v) is 14.4. The van der Waals surface area contributed by atoms with Gasteiger partial charge in [-0.3, -0.25) is 0 Å². The minimum atomic E-state index is -3.19. The summed E-state index contributed by atoms with van der Waals surface area (Å²) < 4.78 is 22.8. The van der Waals surface area contributed by atoms with Crippen LogP contribution < -0.4 is 0 Å². The molecule has 0 amide bonds. The molecule has 1 aromatic carbocycles. The lowest BCUT2D eigenvalue weighted by Gasteiger charge is -2.20. The number of hydrogen-bond donors (Lipinski definition) is 1. The van der Waals surface area contributed by atoms with Gasteiger partial charge in [-0.15, -0.1) is 11.3 Å². The van der Waals surface area contributed by atoms with Crippen molar-refractivity contribution < 1.29 is 13.5 Å². The van der Waals surface area contributed by atoms with E-state index in [2.05, 4.69) is 16.3 Å². The molecule has 0 radical (unpaired) electrons. The number of sulfone groups is 1. The van der Waals surface area contributed by atoms with Gasteiger partial charge >= 0.3 is 0 Å². The summed E-state index contributed by atoms with van der Waals surface area (Å²) in [6.07, 6.45) is 1.52. The maximum atomic E-state index is 11.4. The number of thiophene rings is 1. The van der Waals surface area contributed by atoms with E-state index in [0.717, 1.165) is 18.5 Å². The number of benzene rings is 1. The molecular formula is C16H21NO3S2. The van der Waals surface area contributed by atoms with Crippen LogP contribution in [0.3, 0.4) is 0 Å². The van der Waals surface area contributed by atoms with Gasteiger partial charge in [-0.1, -0.05) is 18.2 Å². The molecule has 0 saturated heterocycles. The van der Waals surface area contributed by atoms with Gasteiger partial charge in [-0.25, -0.2) is 8.42 Å². The first kappa shape index (κ1) is 17.1. The van der Waals surface area contributed by atoms with Crippen molar-refractivity contribution >= 4 is 21.2 Å². The maximum absolute atomic E-state index is 11.4. The van der Waals surface area contributed by atoms with E-state index in [-0.39, 0.29) is 4.90 Å². The third kappa shape index (κ3) is 4.91. The Morgan fingerprint density at radius 2 is 1.91 bits per heavy atom. The van der Waals surface area contributed by atoms with Crippen LogP contribution in [0.25, 0.3) is 0 Å². The predicted molar refractivity (Wildman–Crippen MR) is 90.0 cm³/mol. The second-order valence-electron chi connectivity index (χ2n) is 5.45. The van der Waals surface area contributed by atoms with Crippen molar-refractivity contribution in [3.63, 3.8) is 0 Å². The molecule has 120 valence electrons. The first-order valence-electron chi connectivity index (χ1n) is 7.05. The van der Waals surface area contributed by atoms with E-state index in [9.17, 15) is 13.5 Å². The molecule has 1 N–H and O–H groups in total. The number of hydrogen-bond acceptors (Lipinski definition) is 5. The average Bonchev–Trinajstić information content (AvgIpc) is 2.97. The van der Waals surface area contributed by atoms with Crippen LogP contribution in [-0.2, 0) is 16.3 Å². The van der Waals surface area contributed by atoms with Crippen LogP contribution in [0, 0.1) is 0 Å². The summed E-state index contributed by atoms with van der Waals surface area (Å²) in [6, 6.07) is 10.6. The number of aliphatic hydroxyl groups is 1. The Labute approximate surface area is 135 Å². The smallest absolute Gasteiger partial charge is 0.175 e. The van der Waals surface area contributed by atoms with E-state index in [1.807, 2.05) is 13.1 Å². The van der Waals surface area contributed by atoms with Crippen molar-refractivity contribution in [2.24, 2.45) is 0 Å². The molecule has 1 heterocycles. The van der Waals surface area contributed by atoms with Crippen molar-refractivity contribution in [3.8, 4) is 0 Å². The number of likely N-dealkylation sites (N-methyl/N-ethyl adjacent to an activating group) is 1. The molecule has 0 bridgehead atoms. The van der Waals surface area contributed by atoms with Gasteiger partial charge in [0, 0.05) is 24.2 Å². The zero-order valence-electron chi connectivity index (χ0n) is 12.8. The second-order valence-corrected chi connectivity index (χ2v) is 8.50. The molecule has 2 aromatic rings. The van der Waals surface area contributed by atoms with Gasteiger partial charge in [0.1, 0.15) is 0 Å². The molecule has 0 spiro atoms. The SMILES string of the molecule is CN(CCc1cccs1)CC(O)c1ccc(S(C)(=O)=O)cc1. The minimum Gasteiger partial charge on any atom is -0.387 e. The highest BCUT2D eigenvalue weighted by atomic mass is 32.2. The van der Waals surface area contributed by atoms with Crippen molar-refractivity contribution in [1.29, 1.82) is 0 Å². The lowest BCUT2D eigenvalue weighted by Crippen LogP contribution is -2.26. The summed E-state index contributed by atoms with van der Waals surface area (Å²) in [6.45, 7) is 1.39. The van der Waals surface area contributed by atoms with Gasteiger partial charge in [-0.05, 0) is 42.6 Å². The van der Waals surface area contributed by atoms with Crippen molar-refractivity contribution in [3.05, 3.63) is 52.2 Å². The summed E-state index contributed by atoms with van der Waals surface area (Å²) in [5, 5.41) is 12.3. The Balaban J connectivity index is 1.89. The van der Waals surface area contributed by atoms with Crippen molar-refractivity contribution in [1.82, 2.24) is 4.90 Å². The fourth-order valence-electron chi connectivity index (χ4n) is 2.18. The second kappa shape index (κ2) is 7.37. The van der Waals surface area contributed by atoms with E-state index in [1.54, 1.807) is 35.6 Å². The molecule has 1 atom stereocenters. The van der Waals surface area contributed by atoms with Crippen LogP contribution in [0.15, 0.2) is 46.7 Å². The highest BCUT2D eigenvalue weighted by Gasteiger charge is 2.13. The average molecular weight is 339 g/mol. The third-order valence-corrected chi connectivity index (χ3v) is 5.56. The van der Waals surface area contributed by atoms with Crippen molar-refractivity contribution in [2.45, 2.75) is 17.4 Å². The van der Waals surface area contributed by atoms with Crippen LogP contribution in [0.2, 0.25) is 0 Å². The predicted octanol–water partition coefficient (Wildman–Crippen LogP) is 2.36. The first-order valence-corrected chi connectivity index (χ1v) is 9.82. The third-order valence-electron chi connectivity index (χ3n) is 3.50. The van der Waals surface area contributed by atoms with Gasteiger partial charge in [0.05, 0.1) is 11.0 Å². The Hall–Kier alpha value is -1.21. The summed E-state index contributed by atoms with van der Waals surface area (Å²) in [4.78, 5) is 3.68. The largest absolute Gasteiger partial charge is 0.387 e. The molecule has 4 nitrogen and oxygen atoms in total. The summed E-state index contributed by atoms with van der Waals surface area (Å²) >= 11 is 1.74. The highest BCUT2D eigenvalue weighted by Crippen LogP contribution is 2.17. The van der Waals surface area contributed by atoms with Gasteiger partial charge < -0.3 is 10.0 Å². The number of nitrogens with zero attached hydrogens (tertiary/aromatic N) is 1. The topological polar surface area (TPSA) is 57.6 Å². The van der Waals surface area contributed by atoms with Crippen LogP contribution in [0.1, 0.15) is 16.5 Å². The molecule has 0 aliphatic carbocycles. The molecule has 0 aliphatic heterocycles. The van der Waals surface area contributed by atoms with Gasteiger partial charge in [0.15, 0.2) is 9.84 Å². The highest BCUT2D eigenvalue weighted by molar-refractivity contribution is 7.90. The first-order chi connectivity index (χ1) is 10.4. The molecule has 0 aliphatic rings. The molecule has 0 fully saturated rings.